The van der Waals surface area contributed by atoms with Crippen molar-refractivity contribution in [2.75, 3.05) is 5.32 Å². The lowest BCUT2D eigenvalue weighted by Crippen LogP contribution is -2.18. The van der Waals surface area contributed by atoms with Gasteiger partial charge in [0.2, 0.25) is 0 Å². The number of aliphatic hydroxyl groups excluding tert-OH is 1. The largest absolute Gasteiger partial charge is 0.384 e. The lowest BCUT2D eigenvalue weighted by molar-refractivity contribution is 0.101. The Hall–Kier alpha value is -4.28. The molecule has 4 rings (SSSR count). The lowest BCUT2D eigenvalue weighted by Gasteiger charge is -2.14. The first-order chi connectivity index (χ1) is 15.5. The van der Waals surface area contributed by atoms with Crippen LogP contribution >= 0.6 is 0 Å². The minimum absolute atomic E-state index is 0.0530. The first-order valence-corrected chi connectivity index (χ1v) is 9.84. The maximum absolute atomic E-state index is 14.5. The van der Waals surface area contributed by atoms with E-state index in [4.69, 9.17) is 6.57 Å². The smallest absolute Gasteiger partial charge is 0.274 e. The molecule has 7 heteroatoms. The molecule has 0 radical (unpaired) electrons. The normalized spacial score (nSPS) is 11.6. The summed E-state index contributed by atoms with van der Waals surface area (Å²) < 4.78 is 15.9. The molecular weight excluding hydrogens is 407 g/mol. The van der Waals surface area contributed by atoms with Crippen molar-refractivity contribution in [2.24, 2.45) is 0 Å². The zero-order valence-corrected chi connectivity index (χ0v) is 17.2. The molecule has 1 amide bonds. The van der Waals surface area contributed by atoms with E-state index in [2.05, 4.69) is 15.3 Å². The van der Waals surface area contributed by atoms with Gasteiger partial charge in [-0.2, -0.15) is 5.10 Å². The Labute approximate surface area is 184 Å². The summed E-state index contributed by atoms with van der Waals surface area (Å²) in [5.74, 6) is -1.19. The molecule has 0 saturated carbocycles. The van der Waals surface area contributed by atoms with Crippen molar-refractivity contribution < 1.29 is 14.3 Å². The Morgan fingerprint density at radius 3 is 2.59 bits per heavy atom. The van der Waals surface area contributed by atoms with E-state index in [-0.39, 0.29) is 11.4 Å². The molecule has 4 aromatic rings. The zero-order valence-electron chi connectivity index (χ0n) is 17.2. The molecule has 6 nitrogen and oxygen atoms in total. The van der Waals surface area contributed by atoms with Crippen molar-refractivity contribution >= 4 is 17.3 Å². The Morgan fingerprint density at radius 2 is 1.84 bits per heavy atom. The number of nitrogens with zero attached hydrogens (tertiary/aromatic N) is 3. The number of amides is 1. The van der Waals surface area contributed by atoms with Crippen LogP contribution in [-0.2, 0) is 0 Å². The molecule has 0 bridgehead atoms. The van der Waals surface area contributed by atoms with Crippen LogP contribution in [0.5, 0.6) is 0 Å². The summed E-state index contributed by atoms with van der Waals surface area (Å²) in [4.78, 5) is 16.4. The number of anilines is 1. The number of nitrogens with one attached hydrogen (secondary N) is 1. The number of hydrogen-bond donors (Lipinski definition) is 2. The quantitative estimate of drug-likeness (QED) is 0.431. The lowest BCUT2D eigenvalue weighted by atomic mass is 10.0. The molecule has 1 aromatic heterocycles. The molecule has 3 aromatic carbocycles. The van der Waals surface area contributed by atoms with Crippen molar-refractivity contribution in [1.29, 1.82) is 0 Å². The highest BCUT2D eigenvalue weighted by atomic mass is 19.1. The average Bonchev–Trinajstić information content (AvgIpc) is 3.22. The van der Waals surface area contributed by atoms with Gasteiger partial charge in [-0.05, 0) is 48.4 Å². The highest BCUT2D eigenvalue weighted by Crippen LogP contribution is 2.27. The highest BCUT2D eigenvalue weighted by Gasteiger charge is 2.19. The van der Waals surface area contributed by atoms with Crippen LogP contribution in [0.2, 0.25) is 0 Å². The molecule has 1 unspecified atom stereocenters. The maximum Gasteiger partial charge on any atom is 0.274 e. The van der Waals surface area contributed by atoms with E-state index in [1.54, 1.807) is 61.5 Å². The molecule has 2 N–H and O–H groups in total. The number of benzene rings is 3. The van der Waals surface area contributed by atoms with Gasteiger partial charge >= 0.3 is 0 Å². The van der Waals surface area contributed by atoms with Gasteiger partial charge in [0.05, 0.1) is 23.6 Å². The second-order valence-electron chi connectivity index (χ2n) is 7.22. The Kier molecular flexibility index (Phi) is 5.79. The third-order valence-corrected chi connectivity index (χ3v) is 4.94. The molecule has 1 atom stereocenters. The first kappa shape index (κ1) is 21.0. The van der Waals surface area contributed by atoms with Gasteiger partial charge in [0, 0.05) is 0 Å². The van der Waals surface area contributed by atoms with Crippen LogP contribution in [0, 0.1) is 19.3 Å². The summed E-state index contributed by atoms with van der Waals surface area (Å²) in [7, 11) is 0. The van der Waals surface area contributed by atoms with Crippen molar-refractivity contribution in [2.45, 2.75) is 13.0 Å². The summed E-state index contributed by atoms with van der Waals surface area (Å²) in [6, 6.07) is 21.4. The van der Waals surface area contributed by atoms with Gasteiger partial charge in [0.25, 0.3) is 5.91 Å². The zero-order chi connectivity index (χ0) is 22.7. The Balaban J connectivity index is 1.65. The van der Waals surface area contributed by atoms with Crippen molar-refractivity contribution in [1.82, 2.24) is 9.78 Å². The molecule has 158 valence electrons. The van der Waals surface area contributed by atoms with E-state index >= 15 is 0 Å². The number of rotatable bonds is 5. The molecule has 1 heterocycles. The molecule has 0 aliphatic heterocycles. The molecule has 0 aliphatic rings. The molecule has 0 fully saturated rings. The van der Waals surface area contributed by atoms with Crippen molar-refractivity contribution in [3.63, 3.8) is 0 Å². The fourth-order valence-electron chi connectivity index (χ4n) is 3.38. The molecular formula is C25H19FN4O2. The van der Waals surface area contributed by atoms with Crippen molar-refractivity contribution in [3.8, 4) is 5.69 Å². The minimum atomic E-state index is -0.961. The average molecular weight is 426 g/mol. The topological polar surface area (TPSA) is 71.5 Å². The third-order valence-electron chi connectivity index (χ3n) is 4.94. The Morgan fingerprint density at radius 1 is 1.06 bits per heavy atom. The van der Waals surface area contributed by atoms with Crippen LogP contribution in [0.3, 0.4) is 0 Å². The summed E-state index contributed by atoms with van der Waals surface area (Å²) in [6.45, 7) is 8.93. The van der Waals surface area contributed by atoms with Gasteiger partial charge in [0.15, 0.2) is 5.69 Å². The second-order valence-corrected chi connectivity index (χ2v) is 7.22. The highest BCUT2D eigenvalue weighted by molar-refractivity contribution is 6.03. The van der Waals surface area contributed by atoms with E-state index in [1.807, 2.05) is 6.07 Å². The number of carbonyl (C=O) groups excluding carboxylic acids is 1. The summed E-state index contributed by atoms with van der Waals surface area (Å²) in [5, 5.41) is 17.6. The van der Waals surface area contributed by atoms with Crippen LogP contribution in [0.4, 0.5) is 15.8 Å². The van der Waals surface area contributed by atoms with E-state index in [1.165, 1.54) is 22.9 Å². The number of halogens is 1. The van der Waals surface area contributed by atoms with Gasteiger partial charge in [-0.1, -0.05) is 48.5 Å². The van der Waals surface area contributed by atoms with E-state index in [9.17, 15) is 14.3 Å². The summed E-state index contributed by atoms with van der Waals surface area (Å²) in [5.41, 5.74) is 2.80. The number of aromatic nitrogens is 2. The van der Waals surface area contributed by atoms with Gasteiger partial charge in [-0.3, -0.25) is 4.79 Å². The first-order valence-electron chi connectivity index (χ1n) is 9.84. The van der Waals surface area contributed by atoms with Crippen LogP contribution in [-0.4, -0.2) is 20.8 Å². The summed E-state index contributed by atoms with van der Waals surface area (Å²) >= 11 is 0. The van der Waals surface area contributed by atoms with Crippen LogP contribution in [0.25, 0.3) is 10.5 Å². The fraction of sp³-hybridized carbons (Fsp3) is 0.0800. The van der Waals surface area contributed by atoms with Gasteiger partial charge < -0.3 is 10.4 Å². The monoisotopic (exact) mass is 426 g/mol. The van der Waals surface area contributed by atoms with Gasteiger partial charge in [-0.15, -0.1) is 0 Å². The minimum Gasteiger partial charge on any atom is -0.384 e. The maximum atomic E-state index is 14.5. The third kappa shape index (κ3) is 4.26. The second kappa shape index (κ2) is 8.84. The number of hydrogen-bond acceptors (Lipinski definition) is 3. The Bertz CT molecular complexity index is 1330. The van der Waals surface area contributed by atoms with Gasteiger partial charge in [-0.25, -0.2) is 13.9 Å². The van der Waals surface area contributed by atoms with E-state index in [0.29, 0.717) is 28.2 Å². The number of aryl methyl sites for hydroxylation is 1. The van der Waals surface area contributed by atoms with E-state index < -0.39 is 17.8 Å². The standard InChI is InChI=1S/C25H19FN4O2/c1-16-13-23(30(29-16)20-10-6-9-19(15-20)27-2)25(32)28-22-14-18(11-12-21(22)26)24(31)17-7-4-3-5-8-17/h3-15,24,31H,1H3,(H,28,32). The van der Waals surface area contributed by atoms with E-state index in [0.717, 1.165) is 0 Å². The molecule has 0 saturated heterocycles. The molecule has 0 aliphatic carbocycles. The summed E-state index contributed by atoms with van der Waals surface area (Å²) in [6.07, 6.45) is -0.961. The number of aliphatic hydroxyl groups is 1. The van der Waals surface area contributed by atoms with Crippen LogP contribution in [0.15, 0.2) is 78.9 Å². The fourth-order valence-corrected chi connectivity index (χ4v) is 3.38. The number of carbonyl (C=O) groups is 1. The predicted octanol–water partition coefficient (Wildman–Crippen LogP) is 5.20. The molecule has 0 spiro atoms. The van der Waals surface area contributed by atoms with Crippen molar-refractivity contribution in [3.05, 3.63) is 119 Å². The van der Waals surface area contributed by atoms with Gasteiger partial charge in [0.1, 0.15) is 17.6 Å². The molecule has 32 heavy (non-hydrogen) atoms. The van der Waals surface area contributed by atoms with Crippen LogP contribution in [0.1, 0.15) is 33.4 Å². The predicted molar refractivity (Wildman–Crippen MR) is 119 cm³/mol. The SMILES string of the molecule is [C-]#[N+]c1cccc(-n2nc(C)cc2C(=O)Nc2cc(C(O)c3ccccc3)ccc2F)c1. The van der Waals surface area contributed by atoms with Crippen LogP contribution < -0.4 is 5.32 Å².